The number of aromatic nitrogens is 2. The Bertz CT molecular complexity index is 544. The van der Waals surface area contributed by atoms with Gasteiger partial charge in [-0.25, -0.2) is 9.97 Å². The van der Waals surface area contributed by atoms with Gasteiger partial charge in [0.05, 0.1) is 11.6 Å². The highest BCUT2D eigenvalue weighted by molar-refractivity contribution is 5.88. The Hall–Kier alpha value is -1.72. The van der Waals surface area contributed by atoms with Gasteiger partial charge in [0.1, 0.15) is 11.6 Å². The van der Waals surface area contributed by atoms with Gasteiger partial charge in [0, 0.05) is 18.4 Å². The second-order valence-corrected chi connectivity index (χ2v) is 4.49. The highest BCUT2D eigenvalue weighted by atomic mass is 16.3. The van der Waals surface area contributed by atoms with Crippen LogP contribution in [0.15, 0.2) is 24.3 Å². The third-order valence-corrected chi connectivity index (χ3v) is 2.99. The van der Waals surface area contributed by atoms with Gasteiger partial charge in [-0.05, 0) is 25.1 Å². The molecule has 19 heavy (non-hydrogen) atoms. The lowest BCUT2D eigenvalue weighted by Crippen LogP contribution is -2.19. The Morgan fingerprint density at radius 1 is 1.32 bits per heavy atom. The Balaban J connectivity index is 2.33. The van der Waals surface area contributed by atoms with Crippen molar-refractivity contribution in [3.05, 3.63) is 30.1 Å². The molecule has 0 radical (unpaired) electrons. The lowest BCUT2D eigenvalue weighted by atomic mass is 10.2. The lowest BCUT2D eigenvalue weighted by Gasteiger charge is -2.13. The van der Waals surface area contributed by atoms with E-state index in [1.807, 2.05) is 31.2 Å². The van der Waals surface area contributed by atoms with Crippen molar-refractivity contribution in [2.75, 3.05) is 18.4 Å². The normalized spacial score (nSPS) is 12.6. The molecule has 5 nitrogen and oxygen atoms in total. The minimum Gasteiger partial charge on any atom is -0.391 e. The van der Waals surface area contributed by atoms with Crippen LogP contribution in [0, 0.1) is 0 Å². The fraction of sp³-hybridized carbons (Fsp3) is 0.429. The summed E-state index contributed by atoms with van der Waals surface area (Å²) in [7, 11) is 0. The highest BCUT2D eigenvalue weighted by Gasteiger charge is 2.08. The summed E-state index contributed by atoms with van der Waals surface area (Å²) in [6, 6.07) is 7.84. The van der Waals surface area contributed by atoms with Crippen LogP contribution >= 0.6 is 0 Å². The summed E-state index contributed by atoms with van der Waals surface area (Å²) in [5.41, 5.74) is 6.46. The van der Waals surface area contributed by atoms with E-state index in [-0.39, 0.29) is 6.10 Å². The summed E-state index contributed by atoms with van der Waals surface area (Å²) < 4.78 is 0. The fourth-order valence-electron chi connectivity index (χ4n) is 1.86. The van der Waals surface area contributed by atoms with E-state index < -0.39 is 0 Å². The van der Waals surface area contributed by atoms with E-state index in [0.717, 1.165) is 22.5 Å². The van der Waals surface area contributed by atoms with Gasteiger partial charge in [0.25, 0.3) is 0 Å². The van der Waals surface area contributed by atoms with Crippen molar-refractivity contribution >= 4 is 16.7 Å². The molecule has 0 aliphatic heterocycles. The molecule has 102 valence electrons. The molecular formula is C14H20N4O. The zero-order chi connectivity index (χ0) is 13.7. The van der Waals surface area contributed by atoms with Crippen LogP contribution in [0.5, 0.6) is 0 Å². The molecule has 1 aromatic carbocycles. The first-order valence-corrected chi connectivity index (χ1v) is 6.62. The Morgan fingerprint density at radius 2 is 2.11 bits per heavy atom. The van der Waals surface area contributed by atoms with Crippen molar-refractivity contribution < 1.29 is 5.11 Å². The predicted molar refractivity (Wildman–Crippen MR) is 77.1 cm³/mol. The average Bonchev–Trinajstić information content (AvgIpc) is 2.44. The second kappa shape index (κ2) is 6.45. The summed E-state index contributed by atoms with van der Waals surface area (Å²) >= 11 is 0. The van der Waals surface area contributed by atoms with E-state index in [1.54, 1.807) is 0 Å². The molecule has 2 rings (SSSR count). The topological polar surface area (TPSA) is 84.1 Å². The SMILES string of the molecule is CC[C@@H](O)CNc1nc(CCN)nc2ccccc12. The number of anilines is 1. The number of aliphatic hydroxyl groups is 1. The number of benzene rings is 1. The number of nitrogens with zero attached hydrogens (tertiary/aromatic N) is 2. The van der Waals surface area contributed by atoms with Crippen molar-refractivity contribution in [1.82, 2.24) is 9.97 Å². The number of hydrogen-bond acceptors (Lipinski definition) is 5. The van der Waals surface area contributed by atoms with E-state index in [0.29, 0.717) is 25.9 Å². The van der Waals surface area contributed by atoms with Gasteiger partial charge >= 0.3 is 0 Å². The number of aliphatic hydroxyl groups excluding tert-OH is 1. The minimum atomic E-state index is -0.369. The smallest absolute Gasteiger partial charge is 0.137 e. The fourth-order valence-corrected chi connectivity index (χ4v) is 1.86. The number of para-hydroxylation sites is 1. The molecule has 0 aliphatic carbocycles. The van der Waals surface area contributed by atoms with Crippen molar-refractivity contribution in [2.45, 2.75) is 25.9 Å². The Kier molecular flexibility index (Phi) is 4.65. The van der Waals surface area contributed by atoms with Gasteiger partial charge in [-0.1, -0.05) is 19.1 Å². The maximum Gasteiger partial charge on any atom is 0.137 e. The Labute approximate surface area is 112 Å². The lowest BCUT2D eigenvalue weighted by molar-refractivity contribution is 0.183. The van der Waals surface area contributed by atoms with Crippen LogP contribution < -0.4 is 11.1 Å². The van der Waals surface area contributed by atoms with Crippen molar-refractivity contribution in [3.63, 3.8) is 0 Å². The molecule has 4 N–H and O–H groups in total. The molecule has 0 saturated carbocycles. The monoisotopic (exact) mass is 260 g/mol. The number of fused-ring (bicyclic) bond motifs is 1. The molecule has 0 bridgehead atoms. The quantitative estimate of drug-likeness (QED) is 0.729. The van der Waals surface area contributed by atoms with E-state index in [9.17, 15) is 5.11 Å². The Morgan fingerprint density at radius 3 is 2.84 bits per heavy atom. The van der Waals surface area contributed by atoms with Gasteiger partial charge in [-0.3, -0.25) is 0 Å². The van der Waals surface area contributed by atoms with E-state index in [4.69, 9.17) is 5.73 Å². The third-order valence-electron chi connectivity index (χ3n) is 2.99. The molecule has 5 heteroatoms. The highest BCUT2D eigenvalue weighted by Crippen LogP contribution is 2.20. The van der Waals surface area contributed by atoms with E-state index >= 15 is 0 Å². The van der Waals surface area contributed by atoms with Crippen LogP contribution in [-0.4, -0.2) is 34.3 Å². The van der Waals surface area contributed by atoms with E-state index in [1.165, 1.54) is 0 Å². The molecule has 0 fully saturated rings. The molecule has 0 saturated heterocycles. The number of hydrogen-bond donors (Lipinski definition) is 3. The standard InChI is InChI=1S/C14H20N4O/c1-2-10(19)9-16-14-11-5-3-4-6-12(11)17-13(18-14)7-8-15/h3-6,10,19H,2,7-9,15H2,1H3,(H,16,17,18)/t10-/m1/s1. The molecule has 0 amide bonds. The van der Waals surface area contributed by atoms with Gasteiger partial charge in [0.2, 0.25) is 0 Å². The number of nitrogens with one attached hydrogen (secondary N) is 1. The van der Waals surface area contributed by atoms with Crippen LogP contribution in [0.25, 0.3) is 10.9 Å². The first kappa shape index (κ1) is 13.7. The zero-order valence-electron chi connectivity index (χ0n) is 11.1. The van der Waals surface area contributed by atoms with Gasteiger partial charge in [-0.15, -0.1) is 0 Å². The zero-order valence-corrected chi connectivity index (χ0v) is 11.1. The molecule has 2 aromatic rings. The predicted octanol–water partition coefficient (Wildman–Crippen LogP) is 1.31. The average molecular weight is 260 g/mol. The summed E-state index contributed by atoms with van der Waals surface area (Å²) in [4.78, 5) is 8.96. The van der Waals surface area contributed by atoms with Gasteiger partial charge in [-0.2, -0.15) is 0 Å². The first-order valence-electron chi connectivity index (χ1n) is 6.62. The number of nitrogens with two attached hydrogens (primary N) is 1. The minimum absolute atomic E-state index is 0.369. The second-order valence-electron chi connectivity index (χ2n) is 4.49. The molecular weight excluding hydrogens is 240 g/mol. The summed E-state index contributed by atoms with van der Waals surface area (Å²) in [5.74, 6) is 1.50. The molecule has 0 spiro atoms. The van der Waals surface area contributed by atoms with Crippen molar-refractivity contribution in [3.8, 4) is 0 Å². The van der Waals surface area contributed by atoms with E-state index in [2.05, 4.69) is 15.3 Å². The molecule has 1 aromatic heterocycles. The maximum atomic E-state index is 9.64. The van der Waals surface area contributed by atoms with Crippen LogP contribution in [0.4, 0.5) is 5.82 Å². The molecule has 0 aliphatic rings. The van der Waals surface area contributed by atoms with Gasteiger partial charge in [0.15, 0.2) is 0 Å². The summed E-state index contributed by atoms with van der Waals surface area (Å²) in [5, 5.41) is 13.8. The maximum absolute atomic E-state index is 9.64. The van der Waals surface area contributed by atoms with Crippen LogP contribution in [0.1, 0.15) is 19.2 Å². The largest absolute Gasteiger partial charge is 0.391 e. The summed E-state index contributed by atoms with van der Waals surface area (Å²) in [6.45, 7) is 2.96. The first-order chi connectivity index (χ1) is 9.24. The third kappa shape index (κ3) is 3.39. The molecule has 1 heterocycles. The van der Waals surface area contributed by atoms with Crippen molar-refractivity contribution in [2.24, 2.45) is 5.73 Å². The summed E-state index contributed by atoms with van der Waals surface area (Å²) in [6.07, 6.45) is 0.994. The number of rotatable bonds is 6. The molecule has 0 unspecified atom stereocenters. The van der Waals surface area contributed by atoms with Crippen LogP contribution in [0.2, 0.25) is 0 Å². The molecule has 1 atom stereocenters. The van der Waals surface area contributed by atoms with Crippen LogP contribution in [-0.2, 0) is 6.42 Å². The van der Waals surface area contributed by atoms with Crippen LogP contribution in [0.3, 0.4) is 0 Å². The van der Waals surface area contributed by atoms with Crippen molar-refractivity contribution in [1.29, 1.82) is 0 Å². The van der Waals surface area contributed by atoms with Gasteiger partial charge < -0.3 is 16.2 Å².